The Morgan fingerprint density at radius 2 is 1.62 bits per heavy atom. The molecule has 0 radical (unpaired) electrons. The molecule has 0 saturated carbocycles. The Morgan fingerprint density at radius 1 is 0.962 bits per heavy atom. The van der Waals surface area contributed by atoms with Crippen LogP contribution in [0.15, 0.2) is 12.2 Å². The van der Waals surface area contributed by atoms with Crippen LogP contribution < -0.4 is 0 Å². The highest BCUT2D eigenvalue weighted by molar-refractivity contribution is 5.41. The molecule has 1 saturated heterocycles. The Bertz CT molecular complexity index is 712. The molecule has 0 aliphatic carbocycles. The Kier molecular flexibility index (Phi) is 10.1. The summed E-state index contributed by atoms with van der Waals surface area (Å²) in [7, 11) is 0. The fourth-order valence-corrected chi connectivity index (χ4v) is 1.87. The van der Waals surface area contributed by atoms with Gasteiger partial charge in [0.1, 0.15) is 30.5 Å². The largest absolute Gasteiger partial charge is 0.394 e. The van der Waals surface area contributed by atoms with Crippen molar-refractivity contribution < 1.29 is 35.0 Å². The number of hydrogen-bond donors (Lipinski definition) is 5. The Labute approximate surface area is 152 Å². The van der Waals surface area contributed by atoms with Crippen molar-refractivity contribution in [3.8, 4) is 47.4 Å². The highest BCUT2D eigenvalue weighted by Gasteiger charge is 2.44. The maximum absolute atomic E-state index is 9.86. The van der Waals surface area contributed by atoms with E-state index in [0.29, 0.717) is 0 Å². The van der Waals surface area contributed by atoms with Crippen molar-refractivity contribution in [1.29, 1.82) is 0 Å². The van der Waals surface area contributed by atoms with Crippen LogP contribution in [-0.2, 0) is 9.47 Å². The number of aliphatic hydroxyl groups excluding tert-OH is 5. The molecule has 26 heavy (non-hydrogen) atoms. The van der Waals surface area contributed by atoms with E-state index in [9.17, 15) is 20.4 Å². The third-order valence-electron chi connectivity index (χ3n) is 3.18. The topological polar surface area (TPSA) is 120 Å². The first kappa shape index (κ1) is 21.7. The normalized spacial score (nSPS) is 28.3. The zero-order chi connectivity index (χ0) is 19.4. The van der Waals surface area contributed by atoms with Gasteiger partial charge >= 0.3 is 0 Å². The summed E-state index contributed by atoms with van der Waals surface area (Å²) >= 11 is 0. The lowest BCUT2D eigenvalue weighted by atomic mass is 9.99. The lowest BCUT2D eigenvalue weighted by Gasteiger charge is -2.40. The molecule has 6 unspecified atom stereocenters. The van der Waals surface area contributed by atoms with Gasteiger partial charge in [0.15, 0.2) is 6.29 Å². The average Bonchev–Trinajstić information content (AvgIpc) is 2.65. The molecule has 1 aliphatic rings. The first-order valence-electron chi connectivity index (χ1n) is 7.74. The smallest absolute Gasteiger partial charge is 0.188 e. The molecular formula is C19H20O7. The van der Waals surface area contributed by atoms with Crippen LogP contribution in [0.3, 0.4) is 0 Å². The van der Waals surface area contributed by atoms with Gasteiger partial charge in [-0.1, -0.05) is 17.9 Å². The van der Waals surface area contributed by atoms with E-state index in [0.717, 1.165) is 0 Å². The highest BCUT2D eigenvalue weighted by Crippen LogP contribution is 2.22. The van der Waals surface area contributed by atoms with Crippen LogP contribution >= 0.6 is 0 Å². The van der Waals surface area contributed by atoms with Crippen LogP contribution in [0.25, 0.3) is 0 Å². The van der Waals surface area contributed by atoms with Gasteiger partial charge in [0.25, 0.3) is 0 Å². The predicted octanol–water partition coefficient (Wildman–Crippen LogP) is -2.25. The van der Waals surface area contributed by atoms with E-state index < -0.39 is 50.0 Å². The molecule has 0 amide bonds. The molecule has 0 aromatic heterocycles. The molecule has 7 nitrogen and oxygen atoms in total. The third kappa shape index (κ3) is 6.90. The summed E-state index contributed by atoms with van der Waals surface area (Å²) in [6.45, 7) is 0.729. The first-order valence-corrected chi connectivity index (χ1v) is 7.74. The van der Waals surface area contributed by atoms with Crippen LogP contribution in [-0.4, -0.2) is 75.6 Å². The summed E-state index contributed by atoms with van der Waals surface area (Å²) in [6.07, 6.45) is -4.77. The highest BCUT2D eigenvalue weighted by atomic mass is 16.7. The second kappa shape index (κ2) is 12.1. The minimum absolute atomic E-state index is 0.524. The molecule has 1 fully saturated rings. The van der Waals surface area contributed by atoms with E-state index in [1.165, 1.54) is 0 Å². The van der Waals surface area contributed by atoms with Gasteiger partial charge in [0.2, 0.25) is 0 Å². The van der Waals surface area contributed by atoms with Gasteiger partial charge in [-0.25, -0.2) is 0 Å². The van der Waals surface area contributed by atoms with Crippen molar-refractivity contribution in [3.63, 3.8) is 0 Å². The quantitative estimate of drug-likeness (QED) is 0.360. The molecule has 1 rings (SSSR count). The summed E-state index contributed by atoms with van der Waals surface area (Å²) in [5, 5.41) is 47.6. The molecule has 138 valence electrons. The summed E-state index contributed by atoms with van der Waals surface area (Å²) in [5.74, 6) is 20.0. The molecule has 0 aromatic carbocycles. The standard InChI is InChI=1S/C19H20O7/c1-2-3-4-5-6-7-8-9-10-11-14(12-20)25-19-18(24)17(23)16(22)15(13-21)26-19/h2-3,14-24H,12-13H2,1H3. The van der Waals surface area contributed by atoms with Crippen molar-refractivity contribution in [2.24, 2.45) is 0 Å². The van der Waals surface area contributed by atoms with E-state index in [4.69, 9.17) is 14.6 Å². The number of aliphatic hydroxyl groups is 5. The van der Waals surface area contributed by atoms with Gasteiger partial charge in [0, 0.05) is 0 Å². The molecule has 6 atom stereocenters. The van der Waals surface area contributed by atoms with Crippen molar-refractivity contribution in [2.75, 3.05) is 13.2 Å². The van der Waals surface area contributed by atoms with E-state index in [-0.39, 0.29) is 0 Å². The SMILES string of the molecule is CC=CC#CC#CC#CC#CC(CO)OC1OC(CO)C(O)C(O)C1O. The molecule has 0 spiro atoms. The first-order chi connectivity index (χ1) is 12.5. The Morgan fingerprint density at radius 3 is 2.23 bits per heavy atom. The molecule has 1 aliphatic heterocycles. The van der Waals surface area contributed by atoms with Crippen molar-refractivity contribution in [1.82, 2.24) is 0 Å². The number of hydrogen-bond acceptors (Lipinski definition) is 7. The van der Waals surface area contributed by atoms with Crippen LogP contribution in [0.2, 0.25) is 0 Å². The van der Waals surface area contributed by atoms with E-state index >= 15 is 0 Å². The second-order valence-electron chi connectivity index (χ2n) is 5.04. The van der Waals surface area contributed by atoms with Gasteiger partial charge in [-0.3, -0.25) is 0 Å². The van der Waals surface area contributed by atoms with Gasteiger partial charge in [0.05, 0.1) is 13.2 Å². The predicted molar refractivity (Wildman–Crippen MR) is 91.6 cm³/mol. The van der Waals surface area contributed by atoms with E-state index in [1.54, 1.807) is 12.2 Å². The minimum Gasteiger partial charge on any atom is -0.394 e. The number of ether oxygens (including phenoxy) is 2. The molecule has 7 heteroatoms. The van der Waals surface area contributed by atoms with E-state index in [1.807, 2.05) is 6.92 Å². The summed E-state index contributed by atoms with van der Waals surface area (Å²) in [6, 6.07) is 0. The van der Waals surface area contributed by atoms with Gasteiger partial charge in [-0.2, -0.15) is 0 Å². The summed E-state index contributed by atoms with van der Waals surface area (Å²) in [4.78, 5) is 0. The summed E-state index contributed by atoms with van der Waals surface area (Å²) in [5.41, 5.74) is 0. The van der Waals surface area contributed by atoms with Crippen LogP contribution in [0, 0.1) is 47.4 Å². The van der Waals surface area contributed by atoms with Crippen LogP contribution in [0.4, 0.5) is 0 Å². The van der Waals surface area contributed by atoms with Crippen LogP contribution in [0.5, 0.6) is 0 Å². The van der Waals surface area contributed by atoms with Crippen molar-refractivity contribution in [3.05, 3.63) is 12.2 Å². The maximum Gasteiger partial charge on any atom is 0.188 e. The maximum atomic E-state index is 9.86. The fraction of sp³-hybridized carbons (Fsp3) is 0.474. The number of rotatable bonds is 4. The zero-order valence-electron chi connectivity index (χ0n) is 14.1. The fourth-order valence-electron chi connectivity index (χ4n) is 1.87. The average molecular weight is 360 g/mol. The lowest BCUT2D eigenvalue weighted by Crippen LogP contribution is -2.59. The number of allylic oxidation sites excluding steroid dienone is 2. The Balaban J connectivity index is 2.67. The van der Waals surface area contributed by atoms with Crippen molar-refractivity contribution in [2.45, 2.75) is 43.7 Å². The van der Waals surface area contributed by atoms with E-state index in [2.05, 4.69) is 47.4 Å². The summed E-state index contributed by atoms with van der Waals surface area (Å²) < 4.78 is 10.4. The molecule has 0 aromatic rings. The molecule has 1 heterocycles. The third-order valence-corrected chi connectivity index (χ3v) is 3.18. The van der Waals surface area contributed by atoms with Gasteiger partial charge in [-0.05, 0) is 48.5 Å². The lowest BCUT2D eigenvalue weighted by molar-refractivity contribution is -0.308. The second-order valence-corrected chi connectivity index (χ2v) is 5.04. The zero-order valence-corrected chi connectivity index (χ0v) is 14.1. The van der Waals surface area contributed by atoms with Gasteiger partial charge in [-0.15, -0.1) is 0 Å². The molecular weight excluding hydrogens is 340 g/mol. The monoisotopic (exact) mass is 360 g/mol. The van der Waals surface area contributed by atoms with Gasteiger partial charge < -0.3 is 35.0 Å². The molecule has 0 bridgehead atoms. The van der Waals surface area contributed by atoms with Crippen molar-refractivity contribution >= 4 is 0 Å². The molecule has 5 N–H and O–H groups in total. The Hall–Kier alpha value is -2.30. The van der Waals surface area contributed by atoms with Crippen LogP contribution in [0.1, 0.15) is 6.92 Å². The minimum atomic E-state index is -1.57.